The van der Waals surface area contributed by atoms with Gasteiger partial charge in [0.15, 0.2) is 0 Å². The van der Waals surface area contributed by atoms with E-state index in [2.05, 4.69) is 10.3 Å². The second-order valence-electron chi connectivity index (χ2n) is 4.25. The Balaban J connectivity index is 1.89. The first-order chi connectivity index (χ1) is 9.65. The summed E-state index contributed by atoms with van der Waals surface area (Å²) in [6, 6.07) is 11.0. The lowest BCUT2D eigenvalue weighted by Gasteiger charge is -2.02. The normalized spacial score (nSPS) is 10.6. The average Bonchev–Trinajstić information content (AvgIpc) is 3.03. The summed E-state index contributed by atoms with van der Waals surface area (Å²) in [5.74, 6) is -0.857. The summed E-state index contributed by atoms with van der Waals surface area (Å²) >= 11 is 1.26. The molecule has 0 saturated carbocycles. The summed E-state index contributed by atoms with van der Waals surface area (Å²) < 4.78 is 0. The van der Waals surface area contributed by atoms with Gasteiger partial charge in [0, 0.05) is 10.9 Å². The van der Waals surface area contributed by atoms with Crippen LogP contribution < -0.4 is 11.1 Å². The van der Waals surface area contributed by atoms with Crippen LogP contribution in [0.25, 0.3) is 10.9 Å². The standard InChI is InChI=1S/C14H11N3O2S/c15-12(18)9-5-6-20-14(9)17-13(19)11-7-8-3-1-2-4-10(8)16-11/h1-7,16H,(H2,15,18)(H,17,19). The molecule has 5 nitrogen and oxygen atoms in total. The van der Waals surface area contributed by atoms with E-state index < -0.39 is 5.91 Å². The molecule has 0 bridgehead atoms. The number of anilines is 1. The van der Waals surface area contributed by atoms with Gasteiger partial charge in [0.25, 0.3) is 11.8 Å². The van der Waals surface area contributed by atoms with Crippen LogP contribution in [0.3, 0.4) is 0 Å². The van der Waals surface area contributed by atoms with Crippen LogP contribution in [0.2, 0.25) is 0 Å². The van der Waals surface area contributed by atoms with Gasteiger partial charge in [-0.3, -0.25) is 9.59 Å². The van der Waals surface area contributed by atoms with Crippen LogP contribution in [0.1, 0.15) is 20.8 Å². The summed E-state index contributed by atoms with van der Waals surface area (Å²) in [6.07, 6.45) is 0. The Hall–Kier alpha value is -2.60. The topological polar surface area (TPSA) is 88.0 Å². The van der Waals surface area contributed by atoms with E-state index in [1.165, 1.54) is 11.3 Å². The maximum Gasteiger partial charge on any atom is 0.272 e. The fourth-order valence-corrected chi connectivity index (χ4v) is 2.75. The van der Waals surface area contributed by atoms with Gasteiger partial charge in [-0.05, 0) is 23.6 Å². The van der Waals surface area contributed by atoms with Crippen molar-refractivity contribution in [3.63, 3.8) is 0 Å². The highest BCUT2D eigenvalue weighted by Gasteiger charge is 2.15. The van der Waals surface area contributed by atoms with E-state index in [-0.39, 0.29) is 5.91 Å². The predicted molar refractivity (Wildman–Crippen MR) is 79.1 cm³/mol. The quantitative estimate of drug-likeness (QED) is 0.690. The molecule has 0 radical (unpaired) electrons. The molecule has 3 aromatic rings. The number of hydrogen-bond acceptors (Lipinski definition) is 3. The Bertz CT molecular complexity index is 770. The number of aromatic nitrogens is 1. The number of nitrogens with two attached hydrogens (primary N) is 1. The van der Waals surface area contributed by atoms with Crippen molar-refractivity contribution in [2.45, 2.75) is 0 Å². The molecule has 100 valence electrons. The summed E-state index contributed by atoms with van der Waals surface area (Å²) in [6.45, 7) is 0. The van der Waals surface area contributed by atoms with Crippen molar-refractivity contribution in [2.24, 2.45) is 5.73 Å². The number of benzene rings is 1. The first-order valence-electron chi connectivity index (χ1n) is 5.91. The highest BCUT2D eigenvalue weighted by atomic mass is 32.1. The zero-order valence-corrected chi connectivity index (χ0v) is 11.2. The van der Waals surface area contributed by atoms with Crippen molar-refractivity contribution in [1.29, 1.82) is 0 Å². The number of nitrogens with one attached hydrogen (secondary N) is 2. The average molecular weight is 285 g/mol. The van der Waals surface area contributed by atoms with Gasteiger partial charge in [-0.15, -0.1) is 11.3 Å². The molecule has 0 aliphatic heterocycles. The fourth-order valence-electron chi connectivity index (χ4n) is 1.97. The first kappa shape index (κ1) is 12.4. The zero-order chi connectivity index (χ0) is 14.1. The number of carbonyl (C=O) groups excluding carboxylic acids is 2. The van der Waals surface area contributed by atoms with Crippen LogP contribution in [0.5, 0.6) is 0 Å². The number of fused-ring (bicyclic) bond motifs is 1. The van der Waals surface area contributed by atoms with Gasteiger partial charge in [-0.1, -0.05) is 18.2 Å². The number of hydrogen-bond donors (Lipinski definition) is 3. The third-order valence-corrected chi connectivity index (χ3v) is 3.76. The lowest BCUT2D eigenvalue weighted by atomic mass is 10.2. The first-order valence-corrected chi connectivity index (χ1v) is 6.79. The Morgan fingerprint density at radius 3 is 2.75 bits per heavy atom. The van der Waals surface area contributed by atoms with E-state index in [1.807, 2.05) is 24.3 Å². The molecule has 0 fully saturated rings. The van der Waals surface area contributed by atoms with Gasteiger partial charge in [0.1, 0.15) is 10.7 Å². The summed E-state index contributed by atoms with van der Waals surface area (Å²) in [5, 5.41) is 5.82. The third-order valence-electron chi connectivity index (χ3n) is 2.93. The second-order valence-corrected chi connectivity index (χ2v) is 5.17. The van der Waals surface area contributed by atoms with Crippen molar-refractivity contribution >= 4 is 39.1 Å². The number of aromatic amines is 1. The number of thiophene rings is 1. The molecule has 0 aliphatic rings. The molecule has 0 spiro atoms. The van der Waals surface area contributed by atoms with Crippen molar-refractivity contribution in [1.82, 2.24) is 4.98 Å². The molecule has 0 unspecified atom stereocenters. The Morgan fingerprint density at radius 1 is 1.20 bits per heavy atom. The minimum Gasteiger partial charge on any atom is -0.366 e. The lowest BCUT2D eigenvalue weighted by Crippen LogP contribution is -2.16. The number of primary amides is 1. The summed E-state index contributed by atoms with van der Waals surface area (Å²) in [5.41, 5.74) is 6.89. The van der Waals surface area contributed by atoms with Crippen LogP contribution >= 0.6 is 11.3 Å². The summed E-state index contributed by atoms with van der Waals surface area (Å²) in [7, 11) is 0. The molecular formula is C14H11N3O2S. The molecule has 1 aromatic carbocycles. The lowest BCUT2D eigenvalue weighted by molar-refractivity contribution is 0.100. The molecule has 0 aliphatic carbocycles. The van der Waals surface area contributed by atoms with Crippen LogP contribution in [0.15, 0.2) is 41.8 Å². The van der Waals surface area contributed by atoms with E-state index in [4.69, 9.17) is 5.73 Å². The minimum absolute atomic E-state index is 0.300. The SMILES string of the molecule is NC(=O)c1ccsc1NC(=O)c1cc2ccccc2[nH]1. The number of rotatable bonds is 3. The van der Waals surface area contributed by atoms with Crippen molar-refractivity contribution in [2.75, 3.05) is 5.32 Å². The maximum absolute atomic E-state index is 12.2. The van der Waals surface area contributed by atoms with E-state index in [1.54, 1.807) is 17.5 Å². The zero-order valence-electron chi connectivity index (χ0n) is 10.3. The Morgan fingerprint density at radius 2 is 2.00 bits per heavy atom. The number of H-pyrrole nitrogens is 1. The molecule has 4 N–H and O–H groups in total. The molecule has 20 heavy (non-hydrogen) atoms. The van der Waals surface area contributed by atoms with Crippen LogP contribution in [0, 0.1) is 0 Å². The van der Waals surface area contributed by atoms with Crippen LogP contribution in [-0.4, -0.2) is 16.8 Å². The maximum atomic E-state index is 12.2. The van der Waals surface area contributed by atoms with E-state index in [9.17, 15) is 9.59 Å². The van der Waals surface area contributed by atoms with Crippen molar-refractivity contribution in [3.05, 3.63) is 53.0 Å². The van der Waals surface area contributed by atoms with Crippen LogP contribution in [0.4, 0.5) is 5.00 Å². The number of carbonyl (C=O) groups is 2. The molecule has 0 atom stereocenters. The predicted octanol–water partition coefficient (Wildman–Crippen LogP) is 2.58. The van der Waals surface area contributed by atoms with E-state index in [0.29, 0.717) is 16.3 Å². The van der Waals surface area contributed by atoms with Crippen molar-refractivity contribution in [3.8, 4) is 0 Å². The highest BCUT2D eigenvalue weighted by Crippen LogP contribution is 2.24. The molecule has 2 aromatic heterocycles. The van der Waals surface area contributed by atoms with Crippen molar-refractivity contribution < 1.29 is 9.59 Å². The Kier molecular flexibility index (Phi) is 3.00. The molecule has 3 rings (SSSR count). The fraction of sp³-hybridized carbons (Fsp3) is 0. The largest absolute Gasteiger partial charge is 0.366 e. The van der Waals surface area contributed by atoms with E-state index in [0.717, 1.165) is 10.9 Å². The molecular weight excluding hydrogens is 274 g/mol. The smallest absolute Gasteiger partial charge is 0.272 e. The van der Waals surface area contributed by atoms with Gasteiger partial charge in [0.2, 0.25) is 0 Å². The van der Waals surface area contributed by atoms with Gasteiger partial charge in [-0.25, -0.2) is 0 Å². The van der Waals surface area contributed by atoms with Gasteiger partial charge < -0.3 is 16.0 Å². The number of amides is 2. The molecule has 6 heteroatoms. The third kappa shape index (κ3) is 2.17. The summed E-state index contributed by atoms with van der Waals surface area (Å²) in [4.78, 5) is 26.4. The molecule has 2 amide bonds. The Labute approximate surface area is 118 Å². The van der Waals surface area contributed by atoms with Gasteiger partial charge in [0.05, 0.1) is 5.56 Å². The molecule has 2 heterocycles. The van der Waals surface area contributed by atoms with Gasteiger partial charge in [-0.2, -0.15) is 0 Å². The van der Waals surface area contributed by atoms with E-state index >= 15 is 0 Å². The monoisotopic (exact) mass is 285 g/mol. The second kappa shape index (κ2) is 4.82. The molecule has 0 saturated heterocycles. The minimum atomic E-state index is -0.557. The van der Waals surface area contributed by atoms with Gasteiger partial charge >= 0.3 is 0 Å². The number of para-hydroxylation sites is 1. The van der Waals surface area contributed by atoms with Crippen LogP contribution in [-0.2, 0) is 0 Å². The highest BCUT2D eigenvalue weighted by molar-refractivity contribution is 7.14.